The van der Waals surface area contributed by atoms with Gasteiger partial charge in [0.1, 0.15) is 6.17 Å². The fourth-order valence-electron chi connectivity index (χ4n) is 23.4. The van der Waals surface area contributed by atoms with E-state index in [1.165, 1.54) is 30.6 Å². The standard InChI is InChI=1S/C16H31N3O.C15H29N3O.C14H24F3N3O.C14H24N4O.C13H24FN3O.3C13H25N3O/c1-15(2,3)19-9-6-13(7-10-19)17-14(20)18-11-8-16(4,5)12-18;1-12(2)17-10-6-13(7-11-17)16-14(19)18-9-5-8-15(18,3)4;1-10(2)19-7-4-12(5-8-19)18-13(21)20-6-3-11(9-20)14(15,16)17;1-11(2)17-7-4-13(5-8-17)16-14(19)18-6-3-12(9-15)10-18;1-10(2)16-7-4-12(5-8-16)15-13(18)17-6-3-11(14)9-17;1-10(2)16-8-5-11(6-9-16)15-13(17)12-4-3-7-14-12;2*1-11(2)15-9-5-12(6-10-15)14-13(17)16-7-3-4-8-16/h13H,6-12H2,1-5H3,(H,17,20);12-13H,5-11H2,1-4H3,(H,16,19);10-12H,3-9H2,1-2H3,(H,18,21);11-13H,3-8,10H2,1-2H3,(H,16,19);10-12H,3-9H2,1-2H3,(H,15,18);10-12,14H,3-9H2,1-2H3,(H,15,17);2*11-12H,3-10H2,1-2H3,(H,14,17). The molecule has 33 nitrogen and oxygen atoms in total. The minimum absolute atomic E-state index is 0.0146. The van der Waals surface area contributed by atoms with E-state index >= 15 is 0 Å². The summed E-state index contributed by atoms with van der Waals surface area (Å²) in [6.45, 7) is 73.3. The number of amides is 15. The molecule has 0 radical (unpaired) electrons. The number of nitriles is 1. The molecule has 148 heavy (non-hydrogen) atoms. The van der Waals surface area contributed by atoms with E-state index in [0.29, 0.717) is 98.1 Å². The average Bonchev–Trinajstić information content (AvgIpc) is 1.67. The number of likely N-dealkylation sites (tertiary alicyclic amines) is 15. The van der Waals surface area contributed by atoms with Crippen LogP contribution in [0.3, 0.4) is 0 Å². The third kappa shape index (κ3) is 42.1. The molecular weight excluding hydrogens is 1890 g/mol. The van der Waals surface area contributed by atoms with Crippen molar-refractivity contribution in [2.75, 3.05) is 196 Å². The Morgan fingerprint density at radius 1 is 0.318 bits per heavy atom. The second kappa shape index (κ2) is 60.9. The molecule has 0 spiro atoms. The van der Waals surface area contributed by atoms with Crippen molar-refractivity contribution in [2.45, 2.75) is 445 Å². The Morgan fingerprint density at radius 2 is 0.615 bits per heavy atom. The first kappa shape index (κ1) is 125. The van der Waals surface area contributed by atoms with Crippen LogP contribution in [-0.2, 0) is 4.79 Å². The Morgan fingerprint density at radius 3 is 0.878 bits per heavy atom. The third-order valence-electron chi connectivity index (χ3n) is 34.2. The maximum Gasteiger partial charge on any atom is 0.393 e. The van der Waals surface area contributed by atoms with Gasteiger partial charge in [-0.25, -0.2) is 38.0 Å². The topological polar surface area (TPSA) is 317 Å². The lowest BCUT2D eigenvalue weighted by molar-refractivity contribution is -0.169. The molecule has 0 aromatic heterocycles. The summed E-state index contributed by atoms with van der Waals surface area (Å²) in [6.07, 6.45) is 23.1. The molecule has 0 aliphatic carbocycles. The number of hydrogen-bond donors (Lipinski definition) is 9. The van der Waals surface area contributed by atoms with Gasteiger partial charge in [-0.3, -0.25) is 9.69 Å². The van der Waals surface area contributed by atoms with Crippen LogP contribution in [0, 0.1) is 28.6 Å². The molecule has 9 N–H and O–H groups in total. The number of alkyl halides is 4. The fourth-order valence-corrected chi connectivity index (χ4v) is 23.4. The van der Waals surface area contributed by atoms with Crippen LogP contribution in [0.15, 0.2) is 0 Å². The molecule has 0 saturated carbocycles. The fraction of sp³-hybridized carbons (Fsp3) is 0.919. The van der Waals surface area contributed by atoms with Gasteiger partial charge in [-0.15, -0.1) is 0 Å². The molecule has 16 saturated heterocycles. The first-order valence-corrected chi connectivity index (χ1v) is 58.5. The molecule has 15 amide bonds. The molecule has 16 aliphatic heterocycles. The van der Waals surface area contributed by atoms with Gasteiger partial charge in [0.25, 0.3) is 0 Å². The van der Waals surface area contributed by atoms with E-state index in [0.717, 1.165) is 305 Å². The highest BCUT2D eigenvalue weighted by Gasteiger charge is 2.46. The summed E-state index contributed by atoms with van der Waals surface area (Å²) >= 11 is 0. The molecule has 0 bridgehead atoms. The van der Waals surface area contributed by atoms with E-state index in [1.54, 1.807) is 9.80 Å². The number of rotatable bonds is 16. The normalized spacial score (nSPS) is 25.3. The number of nitrogens with zero attached hydrogens (tertiary/aromatic N) is 16. The van der Waals surface area contributed by atoms with Crippen molar-refractivity contribution in [3.05, 3.63) is 0 Å². The maximum absolute atomic E-state index is 13.0. The molecule has 16 fully saturated rings. The molecule has 852 valence electrons. The van der Waals surface area contributed by atoms with Gasteiger partial charge in [0.05, 0.1) is 30.5 Å². The van der Waals surface area contributed by atoms with E-state index in [1.807, 2.05) is 19.6 Å². The van der Waals surface area contributed by atoms with Crippen LogP contribution in [0.4, 0.5) is 51.1 Å². The largest absolute Gasteiger partial charge is 0.393 e. The van der Waals surface area contributed by atoms with Crippen LogP contribution in [0.25, 0.3) is 0 Å². The molecule has 0 aromatic carbocycles. The first-order valence-electron chi connectivity index (χ1n) is 58.5. The van der Waals surface area contributed by atoms with E-state index in [2.05, 4.69) is 239 Å². The van der Waals surface area contributed by atoms with Gasteiger partial charge >= 0.3 is 48.4 Å². The summed E-state index contributed by atoms with van der Waals surface area (Å²) in [5, 5.41) is 37.2. The Labute approximate surface area is 891 Å². The molecule has 16 heterocycles. The zero-order valence-electron chi connectivity index (χ0n) is 95.9. The molecule has 16 rings (SSSR count). The van der Waals surface area contributed by atoms with Crippen LogP contribution >= 0.6 is 0 Å². The maximum atomic E-state index is 13.0. The molecular formula is C111H207F4N25O8. The molecule has 4 unspecified atom stereocenters. The highest BCUT2D eigenvalue weighted by molar-refractivity contribution is 5.82. The number of hydrogen-bond acceptors (Lipinski definition) is 18. The van der Waals surface area contributed by atoms with Crippen LogP contribution in [0.2, 0.25) is 0 Å². The van der Waals surface area contributed by atoms with Gasteiger partial charge in [0, 0.05) is 285 Å². The smallest absolute Gasteiger partial charge is 0.352 e. The van der Waals surface area contributed by atoms with Crippen molar-refractivity contribution in [2.24, 2.45) is 17.3 Å². The lowest BCUT2D eigenvalue weighted by Crippen LogP contribution is -2.53. The van der Waals surface area contributed by atoms with Crippen molar-refractivity contribution in [1.82, 2.24) is 121 Å². The first-order chi connectivity index (χ1) is 70.0. The predicted octanol–water partition coefficient (Wildman–Crippen LogP) is 14.7. The summed E-state index contributed by atoms with van der Waals surface area (Å²) in [6, 6.07) is 9.17. The second-order valence-corrected chi connectivity index (χ2v) is 49.7. The average molecular weight is 2100 g/mol. The van der Waals surface area contributed by atoms with Crippen LogP contribution in [0.1, 0.15) is 325 Å². The van der Waals surface area contributed by atoms with Gasteiger partial charge < -0.3 is 116 Å². The Bertz CT molecular complexity index is 3800. The molecule has 37 heteroatoms. The summed E-state index contributed by atoms with van der Waals surface area (Å²) in [5.41, 5.74) is 0.559. The summed E-state index contributed by atoms with van der Waals surface area (Å²) in [7, 11) is 0. The lowest BCUT2D eigenvalue weighted by Gasteiger charge is -2.41. The summed E-state index contributed by atoms with van der Waals surface area (Å²) in [4.78, 5) is 129. The van der Waals surface area contributed by atoms with Gasteiger partial charge in [-0.1, -0.05) is 13.8 Å². The zero-order valence-corrected chi connectivity index (χ0v) is 95.9. The van der Waals surface area contributed by atoms with E-state index in [-0.39, 0.29) is 115 Å². The number of piperidine rings is 8. The Kier molecular flexibility index (Phi) is 51.3. The van der Waals surface area contributed by atoms with Crippen LogP contribution in [0.5, 0.6) is 0 Å². The number of urea groups is 7. The van der Waals surface area contributed by atoms with Crippen molar-refractivity contribution in [3.63, 3.8) is 0 Å². The van der Waals surface area contributed by atoms with Gasteiger partial charge in [0.15, 0.2) is 0 Å². The SMILES string of the molecule is CC(C)N1CCC(NC(=O)C2CCCN2)CC1.CC(C)N1CCC(NC(=O)N2CCC(C#N)C2)CC1.CC(C)N1CCC(NC(=O)N2CCC(C(F)(F)F)C2)CC1.CC(C)N1CCC(NC(=O)N2CCC(F)C2)CC1.CC(C)N1CCC(NC(=O)N2CCCC2(C)C)CC1.CC(C)N1CCC(NC(=O)N2CCCC2)CC1.CC(C)N1CCC(NC(=O)N2CCCC2)CC1.CC1(C)CCN(C(=O)NC2CCN(C(C)(C)C)CC2)C1. The van der Waals surface area contributed by atoms with Crippen LogP contribution in [-0.4, -0.2) is 438 Å². The van der Waals surface area contributed by atoms with Crippen molar-refractivity contribution in [1.29, 1.82) is 5.26 Å². The van der Waals surface area contributed by atoms with Crippen molar-refractivity contribution >= 4 is 48.1 Å². The minimum atomic E-state index is -4.20. The number of nitrogens with one attached hydrogen (secondary N) is 9. The van der Waals surface area contributed by atoms with Crippen molar-refractivity contribution < 1.29 is 55.9 Å². The Balaban J connectivity index is 0.000000188. The Hall–Kier alpha value is -6.79. The lowest BCUT2D eigenvalue weighted by atomic mass is 9.93. The number of halogens is 4. The quantitative estimate of drug-likeness (QED) is 0.0649. The van der Waals surface area contributed by atoms with Crippen molar-refractivity contribution in [3.8, 4) is 6.07 Å². The summed E-state index contributed by atoms with van der Waals surface area (Å²) in [5.74, 6) is -1.13. The highest BCUT2D eigenvalue weighted by Crippen LogP contribution is 2.36. The predicted molar refractivity (Wildman–Crippen MR) is 585 cm³/mol. The molecule has 0 aromatic rings. The number of carbonyl (C=O) groups excluding carboxylic acids is 8. The highest BCUT2D eigenvalue weighted by atomic mass is 19.4. The van der Waals surface area contributed by atoms with E-state index < -0.39 is 18.3 Å². The van der Waals surface area contributed by atoms with Gasteiger partial charge in [0.2, 0.25) is 5.91 Å². The van der Waals surface area contributed by atoms with Gasteiger partial charge in [-0.2, -0.15) is 18.4 Å². The van der Waals surface area contributed by atoms with Gasteiger partial charge in [-0.05, 0) is 323 Å². The molecule has 16 aliphatic rings. The van der Waals surface area contributed by atoms with Crippen LogP contribution < -0.4 is 47.9 Å². The minimum Gasteiger partial charge on any atom is -0.352 e. The summed E-state index contributed by atoms with van der Waals surface area (Å²) < 4.78 is 50.9. The van der Waals surface area contributed by atoms with E-state index in [9.17, 15) is 55.9 Å². The van der Waals surface area contributed by atoms with E-state index in [4.69, 9.17) is 5.26 Å². The second-order valence-electron chi connectivity index (χ2n) is 49.7. The zero-order chi connectivity index (χ0) is 108. The monoisotopic (exact) mass is 2090 g/mol. The molecule has 4 atom stereocenters. The number of carbonyl (C=O) groups is 8. The third-order valence-corrected chi connectivity index (χ3v) is 34.2.